The summed E-state index contributed by atoms with van der Waals surface area (Å²) in [4.78, 5) is 12.2. The molecule has 0 aliphatic carbocycles. The predicted molar refractivity (Wildman–Crippen MR) is 95.2 cm³/mol. The monoisotopic (exact) mass is 360 g/mol. The summed E-state index contributed by atoms with van der Waals surface area (Å²) in [5.41, 5.74) is 7.47. The van der Waals surface area contributed by atoms with E-state index in [2.05, 4.69) is 20.6 Å². The van der Waals surface area contributed by atoms with Crippen molar-refractivity contribution in [2.75, 3.05) is 11.5 Å². The third-order valence-electron chi connectivity index (χ3n) is 3.28. The molecule has 0 bridgehead atoms. The number of hydrogen-bond donors (Lipinski definition) is 2. The molecule has 0 aliphatic rings. The van der Waals surface area contributed by atoms with Gasteiger partial charge in [-0.2, -0.15) is 5.10 Å². The Morgan fingerprint density at radius 2 is 2.21 bits per heavy atom. The van der Waals surface area contributed by atoms with Crippen LogP contribution in [0.15, 0.2) is 47.1 Å². The van der Waals surface area contributed by atoms with Crippen molar-refractivity contribution >= 4 is 34.1 Å². The molecule has 1 amide bonds. The smallest absolute Gasteiger partial charge is 0.230 e. The Bertz CT molecular complexity index is 817. The summed E-state index contributed by atoms with van der Waals surface area (Å²) in [7, 11) is 0. The molecule has 124 valence electrons. The number of aromatic nitrogens is 4. The standard InChI is InChI=1S/C15H16N6OS2/c1-10(18-13(22)9-23-15-20-19-14(16)24-15)11-5-2-3-6-12(11)21-8-4-7-17-21/h2-8,10H,9H2,1H3,(H2,16,19)(H,18,22)/t10-/m0/s1. The number of nitrogens with two attached hydrogens (primary N) is 1. The van der Waals surface area contributed by atoms with Crippen LogP contribution in [0.3, 0.4) is 0 Å². The second-order valence-corrected chi connectivity index (χ2v) is 7.23. The van der Waals surface area contributed by atoms with Gasteiger partial charge < -0.3 is 11.1 Å². The van der Waals surface area contributed by atoms with Crippen molar-refractivity contribution in [1.82, 2.24) is 25.3 Å². The number of rotatable bonds is 6. The van der Waals surface area contributed by atoms with Crippen LogP contribution in [0.4, 0.5) is 5.13 Å². The van der Waals surface area contributed by atoms with Gasteiger partial charge in [0, 0.05) is 12.4 Å². The molecule has 1 atom stereocenters. The Morgan fingerprint density at radius 3 is 2.92 bits per heavy atom. The Morgan fingerprint density at radius 1 is 1.38 bits per heavy atom. The van der Waals surface area contributed by atoms with Crippen LogP contribution < -0.4 is 11.1 Å². The van der Waals surface area contributed by atoms with Gasteiger partial charge in [0.15, 0.2) is 4.34 Å². The zero-order valence-corrected chi connectivity index (χ0v) is 14.5. The highest BCUT2D eigenvalue weighted by molar-refractivity contribution is 8.01. The maximum absolute atomic E-state index is 12.2. The number of benzene rings is 1. The molecular weight excluding hydrogens is 344 g/mol. The molecule has 2 heterocycles. The van der Waals surface area contributed by atoms with E-state index in [0.717, 1.165) is 11.3 Å². The minimum Gasteiger partial charge on any atom is -0.374 e. The normalized spacial score (nSPS) is 12.0. The molecule has 0 spiro atoms. The summed E-state index contributed by atoms with van der Waals surface area (Å²) >= 11 is 2.60. The van der Waals surface area contributed by atoms with Crippen LogP contribution in [-0.4, -0.2) is 31.6 Å². The molecule has 0 saturated carbocycles. The van der Waals surface area contributed by atoms with E-state index in [1.165, 1.54) is 23.1 Å². The number of amides is 1. The lowest BCUT2D eigenvalue weighted by atomic mass is 10.1. The molecule has 24 heavy (non-hydrogen) atoms. The molecule has 0 saturated heterocycles. The van der Waals surface area contributed by atoms with Crippen molar-refractivity contribution in [3.63, 3.8) is 0 Å². The van der Waals surface area contributed by atoms with Gasteiger partial charge >= 0.3 is 0 Å². The van der Waals surface area contributed by atoms with Crippen molar-refractivity contribution in [2.45, 2.75) is 17.3 Å². The van der Waals surface area contributed by atoms with Crippen LogP contribution >= 0.6 is 23.1 Å². The molecule has 0 unspecified atom stereocenters. The highest BCUT2D eigenvalue weighted by Gasteiger charge is 2.15. The predicted octanol–water partition coefficient (Wildman–Crippen LogP) is 2.28. The number of anilines is 1. The third kappa shape index (κ3) is 3.92. The van der Waals surface area contributed by atoms with Gasteiger partial charge in [0.2, 0.25) is 11.0 Å². The van der Waals surface area contributed by atoms with Crippen molar-refractivity contribution in [3.8, 4) is 5.69 Å². The van der Waals surface area contributed by atoms with E-state index in [-0.39, 0.29) is 17.7 Å². The van der Waals surface area contributed by atoms with E-state index in [9.17, 15) is 4.79 Å². The van der Waals surface area contributed by atoms with Crippen LogP contribution in [-0.2, 0) is 4.79 Å². The summed E-state index contributed by atoms with van der Waals surface area (Å²) in [6.45, 7) is 1.95. The zero-order chi connectivity index (χ0) is 16.9. The molecule has 1 aromatic carbocycles. The average molecular weight is 360 g/mol. The van der Waals surface area contributed by atoms with Gasteiger partial charge in [0.05, 0.1) is 17.5 Å². The number of carbonyl (C=O) groups excluding carboxylic acids is 1. The Kier molecular flexibility index (Phi) is 5.11. The third-order valence-corrected chi connectivity index (χ3v) is 5.17. The number of para-hydroxylation sites is 1. The first-order valence-electron chi connectivity index (χ1n) is 7.23. The molecule has 9 heteroatoms. The highest BCUT2D eigenvalue weighted by Crippen LogP contribution is 2.24. The zero-order valence-electron chi connectivity index (χ0n) is 12.9. The van der Waals surface area contributed by atoms with Crippen molar-refractivity contribution in [1.29, 1.82) is 0 Å². The second-order valence-electron chi connectivity index (χ2n) is 4.99. The van der Waals surface area contributed by atoms with Gasteiger partial charge in [0.1, 0.15) is 0 Å². The van der Waals surface area contributed by atoms with Gasteiger partial charge in [-0.15, -0.1) is 10.2 Å². The van der Waals surface area contributed by atoms with Crippen molar-refractivity contribution < 1.29 is 4.79 Å². The Labute approximate surface area is 147 Å². The fourth-order valence-electron chi connectivity index (χ4n) is 2.24. The Hall–Kier alpha value is -2.39. The minimum atomic E-state index is -0.141. The molecule has 2 aromatic heterocycles. The summed E-state index contributed by atoms with van der Waals surface area (Å²) in [5.74, 6) is 0.194. The summed E-state index contributed by atoms with van der Waals surface area (Å²) in [5, 5.41) is 15.3. The SMILES string of the molecule is C[C@H](NC(=O)CSc1nnc(N)s1)c1ccccc1-n1cccn1. The van der Waals surface area contributed by atoms with Gasteiger partial charge in [-0.1, -0.05) is 41.3 Å². The van der Waals surface area contributed by atoms with Gasteiger partial charge in [-0.25, -0.2) is 4.68 Å². The maximum atomic E-state index is 12.2. The molecule has 3 rings (SSSR count). The highest BCUT2D eigenvalue weighted by atomic mass is 32.2. The molecule has 3 N–H and O–H groups in total. The fraction of sp³-hybridized carbons (Fsp3) is 0.200. The lowest BCUT2D eigenvalue weighted by molar-refractivity contribution is -0.119. The first-order chi connectivity index (χ1) is 11.6. The fourth-order valence-corrected chi connectivity index (χ4v) is 3.69. The van der Waals surface area contributed by atoms with Gasteiger partial charge in [-0.3, -0.25) is 4.79 Å². The molecule has 7 nitrogen and oxygen atoms in total. The van der Waals surface area contributed by atoms with E-state index in [1.54, 1.807) is 10.9 Å². The van der Waals surface area contributed by atoms with Crippen molar-refractivity contribution in [2.24, 2.45) is 0 Å². The first kappa shape index (κ1) is 16.5. The quantitative estimate of drug-likeness (QED) is 0.654. The molecule has 0 aliphatic heterocycles. The van der Waals surface area contributed by atoms with E-state index in [1.807, 2.05) is 43.5 Å². The number of nitrogens with one attached hydrogen (secondary N) is 1. The first-order valence-corrected chi connectivity index (χ1v) is 9.04. The topological polar surface area (TPSA) is 98.7 Å². The van der Waals surface area contributed by atoms with E-state index >= 15 is 0 Å². The average Bonchev–Trinajstić information content (AvgIpc) is 3.24. The summed E-state index contributed by atoms with van der Waals surface area (Å²) in [6, 6.07) is 9.58. The molecule has 0 fully saturated rings. The number of thioether (sulfide) groups is 1. The van der Waals surface area contributed by atoms with Crippen LogP contribution in [0, 0.1) is 0 Å². The van der Waals surface area contributed by atoms with Crippen LogP contribution in [0.1, 0.15) is 18.5 Å². The maximum Gasteiger partial charge on any atom is 0.230 e. The number of nitrogens with zero attached hydrogens (tertiary/aromatic N) is 4. The Balaban J connectivity index is 1.64. The number of nitrogen functional groups attached to an aromatic ring is 1. The summed E-state index contributed by atoms with van der Waals surface area (Å²) < 4.78 is 2.48. The molecular formula is C15H16N6OS2. The van der Waals surface area contributed by atoms with E-state index in [0.29, 0.717) is 9.47 Å². The van der Waals surface area contributed by atoms with Gasteiger partial charge in [0.25, 0.3) is 0 Å². The summed E-state index contributed by atoms with van der Waals surface area (Å²) in [6.07, 6.45) is 3.60. The lowest BCUT2D eigenvalue weighted by Gasteiger charge is -2.17. The molecule has 3 aromatic rings. The van der Waals surface area contributed by atoms with Crippen LogP contribution in [0.2, 0.25) is 0 Å². The van der Waals surface area contributed by atoms with E-state index in [4.69, 9.17) is 5.73 Å². The van der Waals surface area contributed by atoms with E-state index < -0.39 is 0 Å². The number of hydrogen-bond acceptors (Lipinski definition) is 7. The van der Waals surface area contributed by atoms with Crippen molar-refractivity contribution in [3.05, 3.63) is 48.3 Å². The largest absolute Gasteiger partial charge is 0.374 e. The lowest BCUT2D eigenvalue weighted by Crippen LogP contribution is -2.28. The van der Waals surface area contributed by atoms with Crippen LogP contribution in [0.25, 0.3) is 5.69 Å². The molecule has 0 radical (unpaired) electrons. The minimum absolute atomic E-state index is 0.0726. The number of carbonyl (C=O) groups is 1. The van der Waals surface area contributed by atoms with Gasteiger partial charge in [-0.05, 0) is 24.6 Å². The van der Waals surface area contributed by atoms with Crippen LogP contribution in [0.5, 0.6) is 0 Å². The second kappa shape index (κ2) is 7.45.